The molecule has 0 unspecified atom stereocenters. The third kappa shape index (κ3) is 8.14. The summed E-state index contributed by atoms with van der Waals surface area (Å²) in [7, 11) is 0. The number of carbonyl (C=O) groups excluding carboxylic acids is 1. The minimum atomic E-state index is -0.928. The maximum absolute atomic E-state index is 12.2. The number of hydroxylamine groups is 1. The van der Waals surface area contributed by atoms with Crippen LogP contribution in [0, 0.1) is 10.6 Å². The number of carbonyl (C=O) groups is 1. The molecule has 0 bridgehead atoms. The Labute approximate surface area is 262 Å². The molecule has 0 radical (unpaired) electrons. The summed E-state index contributed by atoms with van der Waals surface area (Å²) in [4.78, 5) is 16.9. The molecule has 1 heterocycles. The van der Waals surface area contributed by atoms with Crippen LogP contribution >= 0.6 is 23.4 Å². The Morgan fingerprint density at radius 2 is 1.88 bits per heavy atom. The lowest BCUT2D eigenvalue weighted by atomic mass is 9.90. The van der Waals surface area contributed by atoms with Crippen molar-refractivity contribution >= 4 is 59.0 Å². The van der Waals surface area contributed by atoms with Crippen LogP contribution in [0.3, 0.4) is 0 Å². The number of hydrogen-bond acceptors (Lipinski definition) is 5. The van der Waals surface area contributed by atoms with Crippen LogP contribution in [0.4, 0.5) is 0 Å². The molecule has 43 heavy (non-hydrogen) atoms. The van der Waals surface area contributed by atoms with Gasteiger partial charge in [-0.25, -0.2) is 9.78 Å². The number of pyridine rings is 1. The predicted molar refractivity (Wildman–Crippen MR) is 179 cm³/mol. The van der Waals surface area contributed by atoms with Gasteiger partial charge in [-0.15, -0.1) is 4.74 Å². The lowest BCUT2D eigenvalue weighted by Gasteiger charge is -2.24. The highest BCUT2D eigenvalue weighted by Gasteiger charge is 2.46. The van der Waals surface area contributed by atoms with Crippen LogP contribution in [0.1, 0.15) is 72.7 Å². The molecule has 5 rings (SSSR count). The maximum Gasteiger partial charge on any atom is 0.398 e. The highest BCUT2D eigenvalue weighted by molar-refractivity contribution is 7.99. The molecule has 1 N–H and O–H groups in total. The number of hydrogen-bond donors (Lipinski definition) is 1. The van der Waals surface area contributed by atoms with Crippen molar-refractivity contribution in [3.8, 4) is 0 Å². The standard InChI is InChI=1S/C36H37ClN2O3S/c1-35(2,41)31-10-5-4-8-26(31)14-18-33(43-24-36(19-20-36)23-34(40)39(3)42)28-9-6-7-25(21-28)11-16-30-17-13-27-12-15-29(37)22-32(27)38-30/h4-13,15-17,21-22,33,41H,3,14,18-20,23-24H2,1-2H3/b16-11+/t33-/m1/s1. The molecule has 0 spiro atoms. The van der Waals surface area contributed by atoms with Gasteiger partial charge in [-0.1, -0.05) is 78.3 Å². The summed E-state index contributed by atoms with van der Waals surface area (Å²) in [6.07, 6.45) is 7.89. The summed E-state index contributed by atoms with van der Waals surface area (Å²) in [5, 5.41) is 24.1. The maximum atomic E-state index is 12.2. The van der Waals surface area contributed by atoms with E-state index in [1.807, 2.05) is 80.2 Å². The third-order valence-electron chi connectivity index (χ3n) is 8.11. The fraction of sp³-hybridized carbons (Fsp3) is 0.306. The van der Waals surface area contributed by atoms with Crippen LogP contribution in [0.25, 0.3) is 23.1 Å². The van der Waals surface area contributed by atoms with E-state index in [2.05, 4.69) is 43.1 Å². The minimum absolute atomic E-state index is 0.131. The van der Waals surface area contributed by atoms with Crippen LogP contribution < -0.4 is 0 Å². The van der Waals surface area contributed by atoms with Gasteiger partial charge in [0.1, 0.15) is 6.72 Å². The van der Waals surface area contributed by atoms with E-state index in [0.717, 1.165) is 64.7 Å². The van der Waals surface area contributed by atoms with Crippen molar-refractivity contribution in [3.63, 3.8) is 0 Å². The minimum Gasteiger partial charge on any atom is -0.617 e. The molecule has 7 heteroatoms. The molecule has 1 fully saturated rings. The summed E-state index contributed by atoms with van der Waals surface area (Å²) in [6.45, 7) is 6.88. The van der Waals surface area contributed by atoms with Gasteiger partial charge in [0.15, 0.2) is 0 Å². The number of nitrogens with zero attached hydrogens (tertiary/aromatic N) is 2. The first-order valence-electron chi connectivity index (χ1n) is 14.6. The Hall–Kier alpha value is -3.45. The number of benzene rings is 3. The molecule has 1 aromatic heterocycles. The smallest absolute Gasteiger partial charge is 0.398 e. The van der Waals surface area contributed by atoms with Gasteiger partial charge in [-0.3, -0.25) is 0 Å². The van der Waals surface area contributed by atoms with Crippen molar-refractivity contribution in [2.75, 3.05) is 5.75 Å². The number of thioether (sulfide) groups is 1. The number of amides is 1. The van der Waals surface area contributed by atoms with Crippen LogP contribution in [0.15, 0.2) is 78.9 Å². The van der Waals surface area contributed by atoms with Gasteiger partial charge in [0.25, 0.3) is 0 Å². The molecular formula is C36H37ClN2O3S. The molecule has 1 saturated carbocycles. The molecule has 0 aliphatic heterocycles. The number of rotatable bonds is 12. The molecule has 5 nitrogen and oxygen atoms in total. The zero-order chi connectivity index (χ0) is 30.6. The predicted octanol–water partition coefficient (Wildman–Crippen LogP) is 8.60. The van der Waals surface area contributed by atoms with E-state index in [-0.39, 0.29) is 21.8 Å². The van der Waals surface area contributed by atoms with Gasteiger partial charge in [-0.05, 0) is 91.5 Å². The first-order valence-corrected chi connectivity index (χ1v) is 16.0. The second-order valence-electron chi connectivity index (χ2n) is 12.1. The molecule has 1 atom stereocenters. The Bertz CT molecular complexity index is 1670. The van der Waals surface area contributed by atoms with Crippen molar-refractivity contribution in [3.05, 3.63) is 117 Å². The molecule has 1 amide bonds. The molecule has 3 aromatic carbocycles. The van der Waals surface area contributed by atoms with Crippen LogP contribution in [0.2, 0.25) is 5.02 Å². The van der Waals surface area contributed by atoms with E-state index in [9.17, 15) is 15.1 Å². The largest absolute Gasteiger partial charge is 0.617 e. The van der Waals surface area contributed by atoms with E-state index in [4.69, 9.17) is 16.6 Å². The highest BCUT2D eigenvalue weighted by Crippen LogP contribution is 2.53. The van der Waals surface area contributed by atoms with E-state index in [1.165, 1.54) is 5.56 Å². The third-order valence-corrected chi connectivity index (χ3v) is 10.0. The van der Waals surface area contributed by atoms with Gasteiger partial charge in [0, 0.05) is 21.4 Å². The van der Waals surface area contributed by atoms with Gasteiger partial charge in [0.2, 0.25) is 0 Å². The van der Waals surface area contributed by atoms with Gasteiger partial charge >= 0.3 is 5.91 Å². The van der Waals surface area contributed by atoms with Crippen molar-refractivity contribution in [2.24, 2.45) is 5.41 Å². The normalized spacial score (nSPS) is 15.1. The molecule has 4 aromatic rings. The Morgan fingerprint density at radius 1 is 1.12 bits per heavy atom. The lowest BCUT2D eigenvalue weighted by Crippen LogP contribution is -2.20. The second kappa shape index (κ2) is 13.0. The first-order chi connectivity index (χ1) is 20.5. The lowest BCUT2D eigenvalue weighted by molar-refractivity contribution is -0.375. The van der Waals surface area contributed by atoms with Crippen LogP contribution in [0.5, 0.6) is 0 Å². The average Bonchev–Trinajstić information content (AvgIpc) is 3.74. The number of fused-ring (bicyclic) bond motifs is 1. The Kier molecular flexibility index (Phi) is 9.40. The summed E-state index contributed by atoms with van der Waals surface area (Å²) in [6, 6.07) is 26.4. The fourth-order valence-corrected chi connectivity index (χ4v) is 7.18. The van der Waals surface area contributed by atoms with E-state index < -0.39 is 11.5 Å². The highest BCUT2D eigenvalue weighted by atomic mass is 35.5. The summed E-state index contributed by atoms with van der Waals surface area (Å²) < 4.78 is 0.213. The van der Waals surface area contributed by atoms with E-state index in [1.54, 1.807) is 0 Å². The van der Waals surface area contributed by atoms with Gasteiger partial charge in [0.05, 0.1) is 23.2 Å². The van der Waals surface area contributed by atoms with E-state index >= 15 is 0 Å². The first kappa shape index (κ1) is 31.0. The number of aromatic nitrogens is 1. The quantitative estimate of drug-likeness (QED) is 0.0750. The van der Waals surface area contributed by atoms with E-state index in [0.29, 0.717) is 5.02 Å². The Morgan fingerprint density at radius 3 is 2.63 bits per heavy atom. The van der Waals surface area contributed by atoms with Crippen LogP contribution in [-0.4, -0.2) is 33.2 Å². The number of halogens is 1. The SMILES string of the molecule is C=[N+]([O-])C(=O)CC1(CS[C@H](CCc2ccccc2C(C)(C)O)c2cccc(/C=C/c3ccc4ccc(Cl)cc4n3)c2)CC1. The molecule has 0 saturated heterocycles. The molecule has 1 aliphatic carbocycles. The van der Waals surface area contributed by atoms with Crippen molar-refractivity contribution in [1.82, 2.24) is 4.98 Å². The fourth-order valence-electron chi connectivity index (χ4n) is 5.45. The van der Waals surface area contributed by atoms with Crippen LogP contribution in [-0.2, 0) is 16.8 Å². The summed E-state index contributed by atoms with van der Waals surface area (Å²) in [5.74, 6) is 0.346. The van der Waals surface area contributed by atoms with Crippen molar-refractivity contribution < 1.29 is 14.6 Å². The number of aliphatic hydroxyl groups is 1. The van der Waals surface area contributed by atoms with Gasteiger partial charge < -0.3 is 10.3 Å². The molecule has 1 aliphatic rings. The zero-order valence-corrected chi connectivity index (χ0v) is 26.2. The van der Waals surface area contributed by atoms with Crippen molar-refractivity contribution in [1.29, 1.82) is 0 Å². The summed E-state index contributed by atoms with van der Waals surface area (Å²) >= 11 is 8.03. The monoisotopic (exact) mass is 612 g/mol. The Balaban J connectivity index is 1.37. The molecule has 222 valence electrons. The molecular weight excluding hydrogens is 576 g/mol. The van der Waals surface area contributed by atoms with Crippen molar-refractivity contribution in [2.45, 2.75) is 56.8 Å². The second-order valence-corrected chi connectivity index (χ2v) is 13.7. The van der Waals surface area contributed by atoms with Gasteiger partial charge in [-0.2, -0.15) is 11.8 Å². The number of aryl methyl sites for hydroxylation is 1. The zero-order valence-electron chi connectivity index (χ0n) is 24.6. The summed E-state index contributed by atoms with van der Waals surface area (Å²) in [5.41, 5.74) is 5.00. The average molecular weight is 613 g/mol. The topological polar surface area (TPSA) is 76.3 Å².